The number of hydrogen-bond acceptors (Lipinski definition) is 5. The van der Waals surface area contributed by atoms with Gasteiger partial charge in [-0.15, -0.1) is 22.7 Å². The summed E-state index contributed by atoms with van der Waals surface area (Å²) < 4.78 is 6.00. The van der Waals surface area contributed by atoms with E-state index >= 15 is 0 Å². The maximum atomic E-state index is 6.00. The molecule has 2 aliphatic rings. The number of nitrogens with zero attached hydrogens (tertiary/aromatic N) is 2. The van der Waals surface area contributed by atoms with Crippen LogP contribution >= 0.6 is 22.7 Å². The van der Waals surface area contributed by atoms with Gasteiger partial charge in [0, 0.05) is 47.9 Å². The smallest absolute Gasteiger partial charge is 0.0593 e. The third-order valence-corrected chi connectivity index (χ3v) is 6.68. The molecule has 124 valence electrons. The summed E-state index contributed by atoms with van der Waals surface area (Å²) in [6.07, 6.45) is 1.26. The zero-order chi connectivity index (χ0) is 15.5. The summed E-state index contributed by atoms with van der Waals surface area (Å²) >= 11 is 3.74. The lowest BCUT2D eigenvalue weighted by molar-refractivity contribution is 0.0707. The van der Waals surface area contributed by atoms with Crippen molar-refractivity contribution < 1.29 is 4.74 Å². The Morgan fingerprint density at radius 1 is 0.957 bits per heavy atom. The maximum absolute atomic E-state index is 6.00. The van der Waals surface area contributed by atoms with E-state index in [-0.39, 0.29) is 0 Å². The molecule has 2 fully saturated rings. The van der Waals surface area contributed by atoms with Crippen molar-refractivity contribution in [3.8, 4) is 0 Å². The van der Waals surface area contributed by atoms with Gasteiger partial charge < -0.3 is 4.74 Å². The van der Waals surface area contributed by atoms with E-state index in [0.29, 0.717) is 5.41 Å². The zero-order valence-corrected chi connectivity index (χ0v) is 15.1. The first-order valence-corrected chi connectivity index (χ1v) is 10.1. The molecule has 1 spiro atoms. The minimum absolute atomic E-state index is 0.324. The van der Waals surface area contributed by atoms with Crippen molar-refractivity contribution in [3.63, 3.8) is 0 Å². The molecule has 4 heterocycles. The van der Waals surface area contributed by atoms with Crippen LogP contribution in [0.3, 0.4) is 0 Å². The monoisotopic (exact) mass is 348 g/mol. The fraction of sp³-hybridized carbons (Fsp3) is 0.556. The summed E-state index contributed by atoms with van der Waals surface area (Å²) in [6, 6.07) is 8.81. The second kappa shape index (κ2) is 7.03. The van der Waals surface area contributed by atoms with Crippen LogP contribution in [0.2, 0.25) is 0 Å². The fourth-order valence-electron chi connectivity index (χ4n) is 3.87. The van der Waals surface area contributed by atoms with Crippen LogP contribution in [-0.4, -0.2) is 49.2 Å². The van der Waals surface area contributed by atoms with Gasteiger partial charge in [0.05, 0.1) is 13.2 Å². The largest absolute Gasteiger partial charge is 0.379 e. The lowest BCUT2D eigenvalue weighted by Gasteiger charge is -2.31. The van der Waals surface area contributed by atoms with E-state index in [1.165, 1.54) is 35.8 Å². The predicted molar refractivity (Wildman–Crippen MR) is 97.1 cm³/mol. The molecular weight excluding hydrogens is 324 g/mol. The Labute approximate surface area is 146 Å². The van der Waals surface area contributed by atoms with Gasteiger partial charge in [-0.2, -0.15) is 0 Å². The van der Waals surface area contributed by atoms with Crippen molar-refractivity contribution >= 4 is 22.7 Å². The summed E-state index contributed by atoms with van der Waals surface area (Å²) in [5, 5.41) is 4.36. The number of ether oxygens (including phenoxy) is 1. The summed E-state index contributed by atoms with van der Waals surface area (Å²) in [5.41, 5.74) is 0.324. The fourth-order valence-corrected chi connectivity index (χ4v) is 5.36. The zero-order valence-electron chi connectivity index (χ0n) is 13.4. The van der Waals surface area contributed by atoms with Gasteiger partial charge in [-0.3, -0.25) is 9.80 Å². The van der Waals surface area contributed by atoms with Crippen molar-refractivity contribution in [1.29, 1.82) is 0 Å². The molecule has 3 nitrogen and oxygen atoms in total. The summed E-state index contributed by atoms with van der Waals surface area (Å²) in [7, 11) is 0. The minimum Gasteiger partial charge on any atom is -0.379 e. The molecule has 5 heteroatoms. The normalized spacial score (nSPS) is 26.8. The Morgan fingerprint density at radius 2 is 1.61 bits per heavy atom. The molecule has 0 unspecified atom stereocenters. The van der Waals surface area contributed by atoms with Crippen LogP contribution in [0.25, 0.3) is 0 Å². The van der Waals surface area contributed by atoms with Crippen LogP contribution in [0.4, 0.5) is 0 Å². The van der Waals surface area contributed by atoms with E-state index < -0.39 is 0 Å². The van der Waals surface area contributed by atoms with Crippen LogP contribution in [-0.2, 0) is 17.8 Å². The molecular formula is C18H24N2OS2. The van der Waals surface area contributed by atoms with E-state index in [9.17, 15) is 0 Å². The highest BCUT2D eigenvalue weighted by Crippen LogP contribution is 2.35. The molecule has 2 aromatic rings. The number of thiophene rings is 2. The standard InChI is InChI=1S/C18H24N2OS2/c1-3-16(22-9-1)11-19-6-5-18(13-19)14-20(7-8-21-15-18)12-17-4-2-10-23-17/h1-4,9-10H,5-8,11-15H2/t18-/m0/s1. The van der Waals surface area contributed by atoms with Gasteiger partial charge in [0.1, 0.15) is 0 Å². The highest BCUT2D eigenvalue weighted by atomic mass is 32.1. The minimum atomic E-state index is 0.324. The van der Waals surface area contributed by atoms with Crippen molar-refractivity contribution in [2.75, 3.05) is 39.4 Å². The molecule has 23 heavy (non-hydrogen) atoms. The molecule has 0 saturated carbocycles. The second-order valence-electron chi connectivity index (χ2n) is 6.88. The molecule has 1 atom stereocenters. The van der Waals surface area contributed by atoms with E-state index in [0.717, 1.165) is 32.8 Å². The van der Waals surface area contributed by atoms with Gasteiger partial charge in [-0.25, -0.2) is 0 Å². The number of rotatable bonds is 4. The van der Waals surface area contributed by atoms with Gasteiger partial charge >= 0.3 is 0 Å². The van der Waals surface area contributed by atoms with Crippen LogP contribution in [0.15, 0.2) is 35.0 Å². The predicted octanol–water partition coefficient (Wildman–Crippen LogP) is 3.53. The van der Waals surface area contributed by atoms with Gasteiger partial charge in [0.2, 0.25) is 0 Å². The third-order valence-electron chi connectivity index (χ3n) is 4.96. The van der Waals surface area contributed by atoms with Crippen LogP contribution in [0.5, 0.6) is 0 Å². The van der Waals surface area contributed by atoms with Crippen LogP contribution in [0.1, 0.15) is 16.2 Å². The van der Waals surface area contributed by atoms with Gasteiger partial charge in [0.25, 0.3) is 0 Å². The lowest BCUT2D eigenvalue weighted by Crippen LogP contribution is -2.40. The molecule has 0 bridgehead atoms. The Bertz CT molecular complexity index is 599. The first-order valence-electron chi connectivity index (χ1n) is 8.39. The van der Waals surface area contributed by atoms with Crippen LogP contribution < -0.4 is 0 Å². The highest BCUT2D eigenvalue weighted by molar-refractivity contribution is 7.10. The quantitative estimate of drug-likeness (QED) is 0.841. The lowest BCUT2D eigenvalue weighted by atomic mass is 9.87. The Morgan fingerprint density at radius 3 is 2.22 bits per heavy atom. The Hall–Kier alpha value is -0.720. The third kappa shape index (κ3) is 3.86. The topological polar surface area (TPSA) is 15.7 Å². The van der Waals surface area contributed by atoms with E-state index in [4.69, 9.17) is 4.74 Å². The molecule has 0 N–H and O–H groups in total. The summed E-state index contributed by atoms with van der Waals surface area (Å²) in [4.78, 5) is 8.17. The van der Waals surface area contributed by atoms with Crippen molar-refractivity contribution in [3.05, 3.63) is 44.8 Å². The van der Waals surface area contributed by atoms with E-state index in [1.54, 1.807) is 0 Å². The molecule has 0 amide bonds. The molecule has 0 radical (unpaired) electrons. The summed E-state index contributed by atoms with van der Waals surface area (Å²) in [6.45, 7) is 8.58. The number of likely N-dealkylation sites (tertiary alicyclic amines) is 1. The average Bonchev–Trinajstić information content (AvgIpc) is 3.25. The molecule has 2 saturated heterocycles. The van der Waals surface area contributed by atoms with Crippen molar-refractivity contribution in [1.82, 2.24) is 9.80 Å². The number of hydrogen-bond donors (Lipinski definition) is 0. The van der Waals surface area contributed by atoms with Crippen molar-refractivity contribution in [2.45, 2.75) is 19.5 Å². The van der Waals surface area contributed by atoms with Crippen LogP contribution in [0, 0.1) is 5.41 Å². The molecule has 2 aromatic heterocycles. The molecule has 2 aliphatic heterocycles. The molecule has 0 aromatic carbocycles. The highest BCUT2D eigenvalue weighted by Gasteiger charge is 2.41. The van der Waals surface area contributed by atoms with Crippen molar-refractivity contribution in [2.24, 2.45) is 5.41 Å². The summed E-state index contributed by atoms with van der Waals surface area (Å²) in [5.74, 6) is 0. The van der Waals surface area contributed by atoms with E-state index in [1.807, 2.05) is 22.7 Å². The Balaban J connectivity index is 1.40. The molecule has 0 aliphatic carbocycles. The Kier molecular flexibility index (Phi) is 4.83. The average molecular weight is 349 g/mol. The second-order valence-corrected chi connectivity index (χ2v) is 8.95. The maximum Gasteiger partial charge on any atom is 0.0593 e. The first kappa shape index (κ1) is 15.8. The van der Waals surface area contributed by atoms with Gasteiger partial charge in [-0.1, -0.05) is 12.1 Å². The molecule has 4 rings (SSSR count). The SMILES string of the molecule is c1csc(CN2CCOC[C@]3(CCN(Cc4cccs4)C3)C2)c1. The van der Waals surface area contributed by atoms with E-state index in [2.05, 4.69) is 44.8 Å². The van der Waals surface area contributed by atoms with Gasteiger partial charge in [-0.05, 0) is 35.9 Å². The first-order chi connectivity index (χ1) is 11.3. The van der Waals surface area contributed by atoms with Gasteiger partial charge in [0.15, 0.2) is 0 Å².